The van der Waals surface area contributed by atoms with Crippen molar-refractivity contribution in [1.29, 1.82) is 0 Å². The van der Waals surface area contributed by atoms with Gasteiger partial charge in [-0.15, -0.1) is 5.10 Å². The summed E-state index contributed by atoms with van der Waals surface area (Å²) in [5, 5.41) is 10.7. The predicted octanol–water partition coefficient (Wildman–Crippen LogP) is 2.40. The molecule has 1 heterocycles. The van der Waals surface area contributed by atoms with Crippen molar-refractivity contribution in [2.24, 2.45) is 0 Å². The Hall–Kier alpha value is -1.82. The fraction of sp³-hybridized carbons (Fsp3) is 0.400. The van der Waals surface area contributed by atoms with Gasteiger partial charge in [-0.1, -0.05) is 36.0 Å². The number of amides is 1. The molecule has 1 saturated carbocycles. The van der Waals surface area contributed by atoms with Crippen LogP contribution in [0.1, 0.15) is 35.7 Å². The SMILES string of the molecule is Cc1ccccc1CNC(=O)CSc1n[nH]c(C2CC2)n1. The molecular weight excluding hydrogens is 284 g/mol. The number of nitrogens with one attached hydrogen (secondary N) is 2. The fourth-order valence-corrected chi connectivity index (χ4v) is 2.68. The molecule has 1 aromatic heterocycles. The summed E-state index contributed by atoms with van der Waals surface area (Å²) in [5.41, 5.74) is 2.33. The molecular formula is C15H18N4OS. The third-order valence-corrected chi connectivity index (χ3v) is 4.36. The van der Waals surface area contributed by atoms with Crippen LogP contribution in [0, 0.1) is 6.92 Å². The Morgan fingerprint density at radius 3 is 3.00 bits per heavy atom. The zero-order valence-corrected chi connectivity index (χ0v) is 12.7. The van der Waals surface area contributed by atoms with E-state index in [9.17, 15) is 4.79 Å². The lowest BCUT2D eigenvalue weighted by Crippen LogP contribution is -2.24. The van der Waals surface area contributed by atoms with Crippen LogP contribution >= 0.6 is 11.8 Å². The van der Waals surface area contributed by atoms with Crippen molar-refractivity contribution in [2.75, 3.05) is 5.75 Å². The number of thioether (sulfide) groups is 1. The molecule has 1 amide bonds. The summed E-state index contributed by atoms with van der Waals surface area (Å²) in [4.78, 5) is 16.2. The van der Waals surface area contributed by atoms with Crippen LogP contribution in [0.15, 0.2) is 29.4 Å². The Morgan fingerprint density at radius 1 is 1.43 bits per heavy atom. The van der Waals surface area contributed by atoms with Gasteiger partial charge >= 0.3 is 0 Å². The van der Waals surface area contributed by atoms with Gasteiger partial charge in [-0.3, -0.25) is 9.89 Å². The number of aryl methyl sites for hydroxylation is 1. The molecule has 1 aromatic carbocycles. The van der Waals surface area contributed by atoms with Gasteiger partial charge in [0.2, 0.25) is 11.1 Å². The molecule has 2 N–H and O–H groups in total. The summed E-state index contributed by atoms with van der Waals surface area (Å²) < 4.78 is 0. The second-order valence-electron chi connectivity index (χ2n) is 5.27. The van der Waals surface area contributed by atoms with Crippen LogP contribution in [0.5, 0.6) is 0 Å². The van der Waals surface area contributed by atoms with Crippen molar-refractivity contribution in [3.63, 3.8) is 0 Å². The van der Waals surface area contributed by atoms with E-state index in [2.05, 4.69) is 20.5 Å². The fourth-order valence-electron chi connectivity index (χ4n) is 2.05. The molecule has 0 atom stereocenters. The molecule has 0 radical (unpaired) electrons. The van der Waals surface area contributed by atoms with Gasteiger partial charge in [0.05, 0.1) is 5.75 Å². The highest BCUT2D eigenvalue weighted by Crippen LogP contribution is 2.38. The molecule has 1 aliphatic carbocycles. The minimum atomic E-state index is 0.000949. The second kappa shape index (κ2) is 6.30. The number of carbonyl (C=O) groups is 1. The van der Waals surface area contributed by atoms with Gasteiger partial charge in [-0.2, -0.15) is 0 Å². The van der Waals surface area contributed by atoms with E-state index in [1.54, 1.807) is 0 Å². The molecule has 6 heteroatoms. The van der Waals surface area contributed by atoms with E-state index >= 15 is 0 Å². The van der Waals surface area contributed by atoms with E-state index < -0.39 is 0 Å². The Balaban J connectivity index is 1.44. The molecule has 5 nitrogen and oxygen atoms in total. The highest BCUT2D eigenvalue weighted by atomic mass is 32.2. The Morgan fingerprint density at radius 2 is 2.24 bits per heavy atom. The first-order chi connectivity index (χ1) is 10.2. The molecule has 21 heavy (non-hydrogen) atoms. The van der Waals surface area contributed by atoms with Crippen LogP contribution in [0.25, 0.3) is 0 Å². The standard InChI is InChI=1S/C15H18N4OS/c1-10-4-2-3-5-12(10)8-16-13(20)9-21-15-17-14(18-19-15)11-6-7-11/h2-5,11H,6-9H2,1H3,(H,16,20)(H,17,18,19). The maximum atomic E-state index is 11.9. The first kappa shape index (κ1) is 14.1. The third-order valence-electron chi connectivity index (χ3n) is 3.52. The van der Waals surface area contributed by atoms with E-state index in [1.807, 2.05) is 31.2 Å². The number of H-pyrrole nitrogens is 1. The Bertz CT molecular complexity index is 636. The minimum Gasteiger partial charge on any atom is -0.351 e. The summed E-state index contributed by atoms with van der Waals surface area (Å²) >= 11 is 1.37. The average Bonchev–Trinajstić information content (AvgIpc) is 3.23. The molecule has 3 rings (SSSR count). The van der Waals surface area contributed by atoms with Crippen molar-refractivity contribution in [1.82, 2.24) is 20.5 Å². The van der Waals surface area contributed by atoms with Crippen molar-refractivity contribution in [3.05, 3.63) is 41.2 Å². The van der Waals surface area contributed by atoms with Crippen LogP contribution in [-0.2, 0) is 11.3 Å². The second-order valence-corrected chi connectivity index (χ2v) is 6.21. The number of benzene rings is 1. The van der Waals surface area contributed by atoms with Crippen LogP contribution in [-0.4, -0.2) is 26.8 Å². The lowest BCUT2D eigenvalue weighted by Gasteiger charge is -2.06. The quantitative estimate of drug-likeness (QED) is 0.804. The van der Waals surface area contributed by atoms with E-state index in [1.165, 1.54) is 30.2 Å². The maximum absolute atomic E-state index is 11.9. The molecule has 0 bridgehead atoms. The minimum absolute atomic E-state index is 0.000949. The first-order valence-electron chi connectivity index (χ1n) is 7.08. The van der Waals surface area contributed by atoms with Crippen LogP contribution in [0.4, 0.5) is 0 Å². The molecule has 110 valence electrons. The van der Waals surface area contributed by atoms with Crippen LogP contribution < -0.4 is 5.32 Å². The number of nitrogens with zero attached hydrogens (tertiary/aromatic N) is 2. The zero-order valence-electron chi connectivity index (χ0n) is 11.9. The smallest absolute Gasteiger partial charge is 0.230 e. The molecule has 1 aliphatic rings. The van der Waals surface area contributed by atoms with Gasteiger partial charge < -0.3 is 5.32 Å². The number of aromatic nitrogens is 3. The predicted molar refractivity (Wildman–Crippen MR) is 82.1 cm³/mol. The van der Waals surface area contributed by atoms with Gasteiger partial charge in [0.25, 0.3) is 0 Å². The number of carbonyl (C=O) groups excluding carboxylic acids is 1. The Labute approximate surface area is 127 Å². The van der Waals surface area contributed by atoms with E-state index in [0.717, 1.165) is 11.4 Å². The van der Waals surface area contributed by atoms with Crippen molar-refractivity contribution in [2.45, 2.75) is 37.4 Å². The number of aromatic amines is 1. The van der Waals surface area contributed by atoms with E-state index in [0.29, 0.717) is 23.4 Å². The number of rotatable bonds is 6. The molecule has 0 spiro atoms. The van der Waals surface area contributed by atoms with Gasteiger partial charge in [-0.05, 0) is 30.9 Å². The van der Waals surface area contributed by atoms with Crippen molar-refractivity contribution in [3.8, 4) is 0 Å². The monoisotopic (exact) mass is 302 g/mol. The highest BCUT2D eigenvalue weighted by molar-refractivity contribution is 7.99. The maximum Gasteiger partial charge on any atom is 0.230 e. The summed E-state index contributed by atoms with van der Waals surface area (Å²) in [7, 11) is 0. The van der Waals surface area contributed by atoms with Gasteiger partial charge in [-0.25, -0.2) is 4.98 Å². The normalized spacial score (nSPS) is 14.1. The van der Waals surface area contributed by atoms with Crippen molar-refractivity contribution >= 4 is 17.7 Å². The van der Waals surface area contributed by atoms with Gasteiger partial charge in [0, 0.05) is 12.5 Å². The summed E-state index contributed by atoms with van der Waals surface area (Å²) in [5.74, 6) is 1.86. The van der Waals surface area contributed by atoms with Crippen LogP contribution in [0.2, 0.25) is 0 Å². The molecule has 0 unspecified atom stereocenters. The lowest BCUT2D eigenvalue weighted by atomic mass is 10.1. The lowest BCUT2D eigenvalue weighted by molar-refractivity contribution is -0.118. The third kappa shape index (κ3) is 3.85. The molecule has 0 aliphatic heterocycles. The number of hydrogen-bond donors (Lipinski definition) is 2. The van der Waals surface area contributed by atoms with E-state index in [-0.39, 0.29) is 5.91 Å². The average molecular weight is 302 g/mol. The first-order valence-corrected chi connectivity index (χ1v) is 8.07. The topological polar surface area (TPSA) is 70.7 Å². The van der Waals surface area contributed by atoms with Gasteiger partial charge in [0.1, 0.15) is 5.82 Å². The van der Waals surface area contributed by atoms with Crippen LogP contribution in [0.3, 0.4) is 0 Å². The molecule has 0 saturated heterocycles. The zero-order chi connectivity index (χ0) is 14.7. The Kier molecular flexibility index (Phi) is 4.24. The number of hydrogen-bond acceptors (Lipinski definition) is 4. The summed E-state index contributed by atoms with van der Waals surface area (Å²) in [6.07, 6.45) is 2.38. The largest absolute Gasteiger partial charge is 0.351 e. The molecule has 2 aromatic rings. The summed E-state index contributed by atoms with van der Waals surface area (Å²) in [6, 6.07) is 8.05. The van der Waals surface area contributed by atoms with Crippen molar-refractivity contribution < 1.29 is 4.79 Å². The van der Waals surface area contributed by atoms with E-state index in [4.69, 9.17) is 0 Å². The highest BCUT2D eigenvalue weighted by Gasteiger charge is 2.27. The van der Waals surface area contributed by atoms with Gasteiger partial charge in [0.15, 0.2) is 0 Å². The summed E-state index contributed by atoms with van der Waals surface area (Å²) in [6.45, 7) is 2.61. The molecule has 1 fully saturated rings.